The molecule has 2 fully saturated rings. The summed E-state index contributed by atoms with van der Waals surface area (Å²) in [5, 5.41) is 15.7. The van der Waals surface area contributed by atoms with Gasteiger partial charge in [-0.2, -0.15) is 0 Å². The second kappa shape index (κ2) is 7.82. The summed E-state index contributed by atoms with van der Waals surface area (Å²) in [7, 11) is 0. The fourth-order valence-corrected chi connectivity index (χ4v) is 3.97. The standard InChI is InChI=1S/C19H28N2O2/c22-18-10-8-16(9-11-18)20-19(23)21-17-7-6-15(13-17)12-14-4-2-1-3-5-14/h1-5,15-18,22H,6-13H2,(H2,20,21,23). The molecule has 1 aromatic rings. The van der Waals surface area contributed by atoms with Gasteiger partial charge in [0, 0.05) is 12.1 Å². The summed E-state index contributed by atoms with van der Waals surface area (Å²) in [6.45, 7) is 0. The minimum absolute atomic E-state index is 0.0308. The average Bonchev–Trinajstić information content (AvgIpc) is 2.97. The molecule has 23 heavy (non-hydrogen) atoms. The van der Waals surface area contributed by atoms with Crippen molar-refractivity contribution in [3.05, 3.63) is 35.9 Å². The molecule has 3 rings (SSSR count). The molecule has 0 aliphatic heterocycles. The van der Waals surface area contributed by atoms with E-state index in [1.807, 2.05) is 0 Å². The molecular weight excluding hydrogens is 288 g/mol. The van der Waals surface area contributed by atoms with Gasteiger partial charge in [0.1, 0.15) is 0 Å². The second-order valence-electron chi connectivity index (χ2n) is 7.19. The van der Waals surface area contributed by atoms with Gasteiger partial charge in [0.05, 0.1) is 6.10 Å². The number of benzene rings is 1. The van der Waals surface area contributed by atoms with Crippen LogP contribution < -0.4 is 10.6 Å². The molecule has 0 spiro atoms. The van der Waals surface area contributed by atoms with Crippen LogP contribution in [0.1, 0.15) is 50.5 Å². The third-order valence-electron chi connectivity index (χ3n) is 5.28. The first-order valence-corrected chi connectivity index (χ1v) is 8.98. The van der Waals surface area contributed by atoms with E-state index in [0.717, 1.165) is 44.9 Å². The molecule has 0 saturated heterocycles. The van der Waals surface area contributed by atoms with Gasteiger partial charge in [-0.1, -0.05) is 30.3 Å². The van der Waals surface area contributed by atoms with Crippen LogP contribution in [0, 0.1) is 5.92 Å². The Morgan fingerprint density at radius 3 is 2.35 bits per heavy atom. The molecule has 0 aromatic heterocycles. The normalized spacial score (nSPS) is 30.8. The molecule has 2 saturated carbocycles. The van der Waals surface area contributed by atoms with Crippen LogP contribution in [0.25, 0.3) is 0 Å². The Labute approximate surface area is 138 Å². The molecule has 0 heterocycles. The predicted octanol–water partition coefficient (Wildman–Crippen LogP) is 3.00. The monoisotopic (exact) mass is 316 g/mol. The zero-order chi connectivity index (χ0) is 16.1. The maximum atomic E-state index is 12.1. The van der Waals surface area contributed by atoms with Gasteiger partial charge in [-0.05, 0) is 62.8 Å². The van der Waals surface area contributed by atoms with Crippen LogP contribution in [0.4, 0.5) is 4.79 Å². The molecule has 2 unspecified atom stereocenters. The first-order valence-electron chi connectivity index (χ1n) is 8.98. The van der Waals surface area contributed by atoms with Gasteiger partial charge < -0.3 is 15.7 Å². The Balaban J connectivity index is 1.38. The number of rotatable bonds is 4. The summed E-state index contributed by atoms with van der Waals surface area (Å²) < 4.78 is 0. The average molecular weight is 316 g/mol. The Hall–Kier alpha value is -1.55. The van der Waals surface area contributed by atoms with Gasteiger partial charge in [0.2, 0.25) is 0 Å². The number of hydrogen-bond acceptors (Lipinski definition) is 2. The van der Waals surface area contributed by atoms with Crippen molar-refractivity contribution in [2.75, 3.05) is 0 Å². The molecule has 0 radical (unpaired) electrons. The fraction of sp³-hybridized carbons (Fsp3) is 0.632. The maximum Gasteiger partial charge on any atom is 0.315 e. The quantitative estimate of drug-likeness (QED) is 0.799. The number of carbonyl (C=O) groups excluding carboxylic acids is 1. The van der Waals surface area contributed by atoms with Crippen LogP contribution in [-0.4, -0.2) is 29.3 Å². The summed E-state index contributed by atoms with van der Waals surface area (Å²) in [4.78, 5) is 12.1. The van der Waals surface area contributed by atoms with E-state index in [2.05, 4.69) is 41.0 Å². The largest absolute Gasteiger partial charge is 0.393 e. The predicted molar refractivity (Wildman–Crippen MR) is 91.2 cm³/mol. The van der Waals surface area contributed by atoms with E-state index in [9.17, 15) is 9.90 Å². The van der Waals surface area contributed by atoms with E-state index < -0.39 is 0 Å². The molecule has 2 aliphatic rings. The lowest BCUT2D eigenvalue weighted by molar-refractivity contribution is 0.117. The molecule has 2 atom stereocenters. The van der Waals surface area contributed by atoms with Crippen molar-refractivity contribution in [3.63, 3.8) is 0 Å². The van der Waals surface area contributed by atoms with E-state index in [1.54, 1.807) is 0 Å². The Morgan fingerprint density at radius 2 is 1.61 bits per heavy atom. The number of hydrogen-bond donors (Lipinski definition) is 3. The molecule has 4 heteroatoms. The van der Waals surface area contributed by atoms with Crippen molar-refractivity contribution in [1.82, 2.24) is 10.6 Å². The van der Waals surface area contributed by atoms with Gasteiger partial charge in [-0.25, -0.2) is 4.79 Å². The zero-order valence-electron chi connectivity index (χ0n) is 13.7. The van der Waals surface area contributed by atoms with Crippen molar-refractivity contribution < 1.29 is 9.90 Å². The van der Waals surface area contributed by atoms with E-state index >= 15 is 0 Å². The fourth-order valence-electron chi connectivity index (χ4n) is 3.97. The third-order valence-corrected chi connectivity index (χ3v) is 5.28. The van der Waals surface area contributed by atoms with Crippen LogP contribution in [0.2, 0.25) is 0 Å². The molecule has 2 amide bonds. The number of nitrogens with one attached hydrogen (secondary N) is 2. The van der Waals surface area contributed by atoms with Crippen molar-refractivity contribution in [3.8, 4) is 0 Å². The molecular formula is C19H28N2O2. The third kappa shape index (κ3) is 4.96. The van der Waals surface area contributed by atoms with Crippen LogP contribution in [0.15, 0.2) is 30.3 Å². The number of aliphatic hydroxyl groups is 1. The maximum absolute atomic E-state index is 12.1. The second-order valence-corrected chi connectivity index (χ2v) is 7.19. The lowest BCUT2D eigenvalue weighted by atomic mass is 9.93. The van der Waals surface area contributed by atoms with E-state index in [4.69, 9.17) is 0 Å². The number of aliphatic hydroxyl groups excluding tert-OH is 1. The number of amides is 2. The van der Waals surface area contributed by atoms with Crippen LogP contribution in [0.3, 0.4) is 0 Å². The minimum Gasteiger partial charge on any atom is -0.393 e. The van der Waals surface area contributed by atoms with E-state index in [0.29, 0.717) is 12.0 Å². The van der Waals surface area contributed by atoms with Gasteiger partial charge in [-0.3, -0.25) is 0 Å². The Bertz CT molecular complexity index is 497. The molecule has 126 valence electrons. The zero-order valence-corrected chi connectivity index (χ0v) is 13.7. The van der Waals surface area contributed by atoms with Gasteiger partial charge in [-0.15, -0.1) is 0 Å². The summed E-state index contributed by atoms with van der Waals surface area (Å²) in [5.74, 6) is 0.674. The lowest BCUT2D eigenvalue weighted by Crippen LogP contribution is -2.47. The van der Waals surface area contributed by atoms with Crippen LogP contribution >= 0.6 is 0 Å². The highest BCUT2D eigenvalue weighted by molar-refractivity contribution is 5.74. The Kier molecular flexibility index (Phi) is 5.55. The lowest BCUT2D eigenvalue weighted by Gasteiger charge is -2.27. The van der Waals surface area contributed by atoms with Crippen molar-refractivity contribution in [1.29, 1.82) is 0 Å². The van der Waals surface area contributed by atoms with E-state index in [1.165, 1.54) is 12.0 Å². The van der Waals surface area contributed by atoms with Gasteiger partial charge in [0.15, 0.2) is 0 Å². The van der Waals surface area contributed by atoms with Crippen LogP contribution in [0.5, 0.6) is 0 Å². The first kappa shape index (κ1) is 16.3. The highest BCUT2D eigenvalue weighted by Gasteiger charge is 2.27. The number of carbonyl (C=O) groups is 1. The summed E-state index contributed by atoms with van der Waals surface area (Å²) in [6.07, 6.45) is 7.65. The van der Waals surface area contributed by atoms with E-state index in [-0.39, 0.29) is 18.2 Å². The molecule has 3 N–H and O–H groups in total. The SMILES string of the molecule is O=C(NC1CCC(O)CC1)NC1CCC(Cc2ccccc2)C1. The van der Waals surface area contributed by atoms with Crippen LogP contribution in [-0.2, 0) is 6.42 Å². The first-order chi connectivity index (χ1) is 11.2. The van der Waals surface area contributed by atoms with Crippen molar-refractivity contribution in [2.45, 2.75) is 69.6 Å². The highest BCUT2D eigenvalue weighted by atomic mass is 16.3. The van der Waals surface area contributed by atoms with Crippen molar-refractivity contribution in [2.24, 2.45) is 5.92 Å². The molecule has 4 nitrogen and oxygen atoms in total. The topological polar surface area (TPSA) is 61.4 Å². The van der Waals surface area contributed by atoms with Gasteiger partial charge in [0.25, 0.3) is 0 Å². The highest BCUT2D eigenvalue weighted by Crippen LogP contribution is 2.28. The summed E-state index contributed by atoms with van der Waals surface area (Å²) in [6, 6.07) is 11.1. The molecule has 0 bridgehead atoms. The molecule has 1 aromatic carbocycles. The van der Waals surface area contributed by atoms with Gasteiger partial charge >= 0.3 is 6.03 Å². The summed E-state index contributed by atoms with van der Waals surface area (Å²) >= 11 is 0. The smallest absolute Gasteiger partial charge is 0.315 e. The summed E-state index contributed by atoms with van der Waals surface area (Å²) in [5.41, 5.74) is 1.39. The van der Waals surface area contributed by atoms with Crippen molar-refractivity contribution >= 4 is 6.03 Å². The minimum atomic E-state index is -0.176. The number of urea groups is 1. The molecule has 2 aliphatic carbocycles. The Morgan fingerprint density at radius 1 is 0.957 bits per heavy atom.